The van der Waals surface area contributed by atoms with Crippen LogP contribution in [-0.4, -0.2) is 30.9 Å². The third-order valence-corrected chi connectivity index (χ3v) is 4.16. The van der Waals surface area contributed by atoms with E-state index in [0.29, 0.717) is 24.7 Å². The lowest BCUT2D eigenvalue weighted by atomic mass is 9.88. The maximum atomic E-state index is 12.7. The van der Waals surface area contributed by atoms with Gasteiger partial charge in [-0.3, -0.25) is 4.79 Å². The topological polar surface area (TPSA) is 77.0 Å². The quantitative estimate of drug-likeness (QED) is 0.563. The minimum Gasteiger partial charge on any atom is -0.493 e. The van der Waals surface area contributed by atoms with Crippen molar-refractivity contribution < 1.29 is 19.1 Å². The molecule has 0 aliphatic carbocycles. The fourth-order valence-electron chi connectivity index (χ4n) is 2.82. The SMILES string of the molecule is CCCCOc1ccccc1C1NC(=O)N=C(C)C1C(=O)OCC(C)C. The molecule has 0 saturated carbocycles. The molecule has 6 nitrogen and oxygen atoms in total. The van der Waals surface area contributed by atoms with Crippen LogP contribution in [0.1, 0.15) is 52.1 Å². The Morgan fingerprint density at radius 3 is 2.73 bits per heavy atom. The average Bonchev–Trinajstić information content (AvgIpc) is 2.59. The summed E-state index contributed by atoms with van der Waals surface area (Å²) in [5, 5.41) is 2.81. The number of urea groups is 1. The van der Waals surface area contributed by atoms with Gasteiger partial charge in [-0.2, -0.15) is 0 Å². The largest absolute Gasteiger partial charge is 0.493 e. The molecule has 2 atom stereocenters. The Bertz CT molecular complexity index is 670. The average molecular weight is 360 g/mol. The van der Waals surface area contributed by atoms with Gasteiger partial charge in [0.15, 0.2) is 0 Å². The molecule has 0 saturated heterocycles. The highest BCUT2D eigenvalue weighted by molar-refractivity contribution is 6.08. The predicted octanol–water partition coefficient (Wildman–Crippen LogP) is 3.91. The third kappa shape index (κ3) is 5.07. The third-order valence-electron chi connectivity index (χ3n) is 4.16. The molecule has 26 heavy (non-hydrogen) atoms. The molecule has 1 aromatic rings. The van der Waals surface area contributed by atoms with Gasteiger partial charge in [-0.05, 0) is 25.3 Å². The summed E-state index contributed by atoms with van der Waals surface area (Å²) < 4.78 is 11.3. The predicted molar refractivity (Wildman–Crippen MR) is 101 cm³/mol. The van der Waals surface area contributed by atoms with E-state index < -0.39 is 18.0 Å². The lowest BCUT2D eigenvalue weighted by Gasteiger charge is -2.31. The van der Waals surface area contributed by atoms with Crippen LogP contribution in [0.3, 0.4) is 0 Å². The highest BCUT2D eigenvalue weighted by atomic mass is 16.5. The maximum absolute atomic E-state index is 12.7. The van der Waals surface area contributed by atoms with Crippen LogP contribution >= 0.6 is 0 Å². The summed E-state index contributed by atoms with van der Waals surface area (Å²) in [6.07, 6.45) is 1.96. The Morgan fingerprint density at radius 2 is 2.04 bits per heavy atom. The van der Waals surface area contributed by atoms with Crippen LogP contribution in [0.2, 0.25) is 0 Å². The van der Waals surface area contributed by atoms with E-state index in [-0.39, 0.29) is 11.9 Å². The molecule has 0 fully saturated rings. The normalized spacial score (nSPS) is 19.7. The Labute approximate surface area is 155 Å². The number of carbonyl (C=O) groups excluding carboxylic acids is 2. The van der Waals surface area contributed by atoms with Gasteiger partial charge in [-0.25, -0.2) is 9.79 Å². The molecule has 0 spiro atoms. The van der Waals surface area contributed by atoms with Crippen LogP contribution in [0, 0.1) is 11.8 Å². The summed E-state index contributed by atoms with van der Waals surface area (Å²) in [6.45, 7) is 8.66. The molecule has 2 amide bonds. The van der Waals surface area contributed by atoms with Gasteiger partial charge in [0.05, 0.1) is 19.3 Å². The fourth-order valence-corrected chi connectivity index (χ4v) is 2.82. The van der Waals surface area contributed by atoms with E-state index in [4.69, 9.17) is 9.47 Å². The molecule has 2 unspecified atom stereocenters. The van der Waals surface area contributed by atoms with Crippen LogP contribution in [0.4, 0.5) is 4.79 Å². The van der Waals surface area contributed by atoms with E-state index in [1.54, 1.807) is 6.92 Å². The zero-order chi connectivity index (χ0) is 19.1. The minimum absolute atomic E-state index is 0.234. The zero-order valence-corrected chi connectivity index (χ0v) is 16.0. The lowest BCUT2D eigenvalue weighted by Crippen LogP contribution is -2.44. The van der Waals surface area contributed by atoms with Gasteiger partial charge in [0, 0.05) is 11.3 Å². The zero-order valence-electron chi connectivity index (χ0n) is 16.0. The number of para-hydroxylation sites is 1. The van der Waals surface area contributed by atoms with Gasteiger partial charge in [0.1, 0.15) is 11.7 Å². The maximum Gasteiger partial charge on any atom is 0.341 e. The number of ether oxygens (including phenoxy) is 2. The Hall–Kier alpha value is -2.37. The first kappa shape index (κ1) is 19.9. The molecule has 1 aromatic carbocycles. The molecule has 142 valence electrons. The number of nitrogens with one attached hydrogen (secondary N) is 1. The molecule has 0 bridgehead atoms. The smallest absolute Gasteiger partial charge is 0.341 e. The highest BCUT2D eigenvalue weighted by Gasteiger charge is 2.39. The molecule has 2 rings (SSSR count). The van der Waals surface area contributed by atoms with Crippen molar-refractivity contribution in [2.24, 2.45) is 16.8 Å². The van der Waals surface area contributed by atoms with E-state index in [0.717, 1.165) is 18.4 Å². The fraction of sp³-hybridized carbons (Fsp3) is 0.550. The van der Waals surface area contributed by atoms with Crippen molar-refractivity contribution in [2.45, 2.75) is 46.6 Å². The lowest BCUT2D eigenvalue weighted by molar-refractivity contribution is -0.148. The Balaban J connectivity index is 2.31. The summed E-state index contributed by atoms with van der Waals surface area (Å²) in [5.41, 5.74) is 1.22. The first-order valence-electron chi connectivity index (χ1n) is 9.18. The van der Waals surface area contributed by atoms with Crippen LogP contribution in [0.15, 0.2) is 29.3 Å². The van der Waals surface area contributed by atoms with Crippen LogP contribution in [-0.2, 0) is 9.53 Å². The molecule has 1 N–H and O–H groups in total. The minimum atomic E-state index is -0.664. The summed E-state index contributed by atoms with van der Waals surface area (Å²) in [7, 11) is 0. The number of esters is 1. The van der Waals surface area contributed by atoms with Gasteiger partial charge < -0.3 is 14.8 Å². The van der Waals surface area contributed by atoms with Gasteiger partial charge in [0.2, 0.25) is 0 Å². The van der Waals surface area contributed by atoms with Crippen molar-refractivity contribution >= 4 is 17.7 Å². The number of nitrogens with zero attached hydrogens (tertiary/aromatic N) is 1. The second-order valence-electron chi connectivity index (χ2n) is 6.92. The van der Waals surface area contributed by atoms with Gasteiger partial charge >= 0.3 is 12.0 Å². The van der Waals surface area contributed by atoms with E-state index in [2.05, 4.69) is 17.2 Å². The van der Waals surface area contributed by atoms with Gasteiger partial charge in [-0.1, -0.05) is 45.4 Å². The first-order valence-corrected chi connectivity index (χ1v) is 9.18. The number of hydrogen-bond acceptors (Lipinski definition) is 4. The van der Waals surface area contributed by atoms with Crippen LogP contribution < -0.4 is 10.1 Å². The first-order chi connectivity index (χ1) is 12.4. The molecule has 1 aliphatic rings. The van der Waals surface area contributed by atoms with Crippen molar-refractivity contribution in [2.75, 3.05) is 13.2 Å². The Morgan fingerprint density at radius 1 is 1.31 bits per heavy atom. The summed E-state index contributed by atoms with van der Waals surface area (Å²) in [6, 6.07) is 6.46. The second kappa shape index (κ2) is 9.36. The monoisotopic (exact) mass is 360 g/mol. The number of carbonyl (C=O) groups is 2. The number of benzene rings is 1. The number of rotatable bonds is 8. The molecular formula is C20H28N2O4. The van der Waals surface area contributed by atoms with Crippen molar-refractivity contribution in [1.29, 1.82) is 0 Å². The van der Waals surface area contributed by atoms with Gasteiger partial charge in [0.25, 0.3) is 0 Å². The number of aliphatic imine (C=N–C) groups is 1. The van der Waals surface area contributed by atoms with E-state index in [1.807, 2.05) is 38.1 Å². The summed E-state index contributed by atoms with van der Waals surface area (Å²) in [4.78, 5) is 28.6. The molecular weight excluding hydrogens is 332 g/mol. The van der Waals surface area contributed by atoms with E-state index in [9.17, 15) is 9.59 Å². The van der Waals surface area contributed by atoms with Crippen molar-refractivity contribution in [1.82, 2.24) is 5.32 Å². The van der Waals surface area contributed by atoms with E-state index >= 15 is 0 Å². The van der Waals surface area contributed by atoms with Crippen molar-refractivity contribution in [3.05, 3.63) is 29.8 Å². The van der Waals surface area contributed by atoms with Crippen LogP contribution in [0.5, 0.6) is 5.75 Å². The van der Waals surface area contributed by atoms with Gasteiger partial charge in [-0.15, -0.1) is 0 Å². The molecule has 1 aliphatic heterocycles. The molecule has 0 radical (unpaired) electrons. The van der Waals surface area contributed by atoms with Crippen molar-refractivity contribution in [3.8, 4) is 5.75 Å². The number of unbranched alkanes of at least 4 members (excludes halogenated alkanes) is 1. The van der Waals surface area contributed by atoms with Crippen molar-refractivity contribution in [3.63, 3.8) is 0 Å². The van der Waals surface area contributed by atoms with E-state index in [1.165, 1.54) is 0 Å². The summed E-state index contributed by atoms with van der Waals surface area (Å²) in [5.74, 6) is -0.143. The molecule has 6 heteroatoms. The summed E-state index contributed by atoms with van der Waals surface area (Å²) >= 11 is 0. The van der Waals surface area contributed by atoms with Crippen LogP contribution in [0.25, 0.3) is 0 Å². The number of hydrogen-bond donors (Lipinski definition) is 1. The molecule has 0 aromatic heterocycles. The molecule has 1 heterocycles. The number of amides is 2. The highest BCUT2D eigenvalue weighted by Crippen LogP contribution is 2.34. The standard InChI is InChI=1S/C20H28N2O4/c1-5-6-11-25-16-10-8-7-9-15(16)18-17(14(4)21-20(24)22-18)19(23)26-12-13(2)3/h7-10,13,17-18H,5-6,11-12H2,1-4H3,(H,22,24). The Kier molecular flexibility index (Phi) is 7.18. The second-order valence-corrected chi connectivity index (χ2v) is 6.92.